The third-order valence-electron chi connectivity index (χ3n) is 3.87. The molecule has 1 amide bonds. The van der Waals surface area contributed by atoms with Gasteiger partial charge in [0, 0.05) is 13.1 Å². The molecule has 138 valence electrons. The molecular formula is C16H18F3NO5. The molecule has 6 nitrogen and oxygen atoms in total. The Morgan fingerprint density at radius 3 is 2.32 bits per heavy atom. The Morgan fingerprint density at radius 2 is 1.80 bits per heavy atom. The van der Waals surface area contributed by atoms with Gasteiger partial charge in [0.15, 0.2) is 24.7 Å². The minimum absolute atomic E-state index is 0.0159. The fourth-order valence-corrected chi connectivity index (χ4v) is 2.57. The summed E-state index contributed by atoms with van der Waals surface area (Å²) < 4.78 is 46.7. The van der Waals surface area contributed by atoms with E-state index in [0.29, 0.717) is 6.54 Å². The standard InChI is InChI=1S/C16H18F3NO5/c1-10-6-20(7-11(10)15(22)23)14(21)8-24-12-4-2-3-5-13(12)25-9-16(17,18)19/h2-5,10-11H,6-9H2,1H3,(H,22,23)/t10-,11-/m1/s1. The van der Waals surface area contributed by atoms with Crippen LogP contribution in [0.5, 0.6) is 11.5 Å². The van der Waals surface area contributed by atoms with Gasteiger partial charge >= 0.3 is 12.1 Å². The fraction of sp³-hybridized carbons (Fsp3) is 0.500. The third kappa shape index (κ3) is 5.27. The molecule has 1 aromatic rings. The van der Waals surface area contributed by atoms with Gasteiger partial charge in [-0.15, -0.1) is 0 Å². The number of aliphatic carboxylic acids is 1. The van der Waals surface area contributed by atoms with Crippen molar-refractivity contribution in [2.45, 2.75) is 13.1 Å². The largest absolute Gasteiger partial charge is 0.481 e. The van der Waals surface area contributed by atoms with E-state index in [1.165, 1.54) is 23.1 Å². The number of hydrogen-bond acceptors (Lipinski definition) is 4. The molecule has 0 bridgehead atoms. The average molecular weight is 361 g/mol. The maximum absolute atomic E-state index is 12.3. The van der Waals surface area contributed by atoms with Crippen molar-refractivity contribution in [2.75, 3.05) is 26.3 Å². The van der Waals surface area contributed by atoms with E-state index in [2.05, 4.69) is 4.74 Å². The summed E-state index contributed by atoms with van der Waals surface area (Å²) in [5, 5.41) is 9.07. The number of carboxylic acid groups (broad SMARTS) is 1. The van der Waals surface area contributed by atoms with E-state index in [9.17, 15) is 22.8 Å². The van der Waals surface area contributed by atoms with E-state index in [-0.39, 0.29) is 24.0 Å². The maximum atomic E-state index is 12.3. The molecule has 0 spiro atoms. The van der Waals surface area contributed by atoms with Crippen LogP contribution < -0.4 is 9.47 Å². The van der Waals surface area contributed by atoms with Gasteiger partial charge in [-0.3, -0.25) is 9.59 Å². The third-order valence-corrected chi connectivity index (χ3v) is 3.87. The number of amides is 1. The summed E-state index contributed by atoms with van der Waals surface area (Å²) in [6.07, 6.45) is -4.49. The summed E-state index contributed by atoms with van der Waals surface area (Å²) in [7, 11) is 0. The Bertz CT molecular complexity index is 634. The molecule has 2 rings (SSSR count). The van der Waals surface area contributed by atoms with Crippen molar-refractivity contribution < 1.29 is 37.3 Å². The van der Waals surface area contributed by atoms with Crippen LogP contribution in [0.15, 0.2) is 24.3 Å². The zero-order chi connectivity index (χ0) is 18.6. The van der Waals surface area contributed by atoms with Crippen LogP contribution in [-0.4, -0.2) is 54.4 Å². The smallest absolute Gasteiger partial charge is 0.422 e. The van der Waals surface area contributed by atoms with Crippen molar-refractivity contribution in [3.05, 3.63) is 24.3 Å². The second-order valence-corrected chi connectivity index (χ2v) is 5.86. The highest BCUT2D eigenvalue weighted by Gasteiger charge is 2.37. The van der Waals surface area contributed by atoms with Crippen molar-refractivity contribution in [1.29, 1.82) is 0 Å². The second kappa shape index (κ2) is 7.62. The molecule has 2 atom stereocenters. The summed E-state index contributed by atoms with van der Waals surface area (Å²) in [4.78, 5) is 24.6. The first kappa shape index (κ1) is 18.9. The molecule has 9 heteroatoms. The van der Waals surface area contributed by atoms with Crippen LogP contribution >= 0.6 is 0 Å². The fourth-order valence-electron chi connectivity index (χ4n) is 2.57. The molecular weight excluding hydrogens is 343 g/mol. The lowest BCUT2D eigenvalue weighted by atomic mass is 9.99. The summed E-state index contributed by atoms with van der Waals surface area (Å²) >= 11 is 0. The molecule has 1 fully saturated rings. The summed E-state index contributed by atoms with van der Waals surface area (Å²) in [5.74, 6) is -2.31. The van der Waals surface area contributed by atoms with Gasteiger partial charge in [-0.25, -0.2) is 0 Å². The molecule has 0 saturated carbocycles. The second-order valence-electron chi connectivity index (χ2n) is 5.86. The number of halogens is 3. The molecule has 25 heavy (non-hydrogen) atoms. The van der Waals surface area contributed by atoms with E-state index in [4.69, 9.17) is 9.84 Å². The van der Waals surface area contributed by atoms with Gasteiger partial charge in [0.2, 0.25) is 0 Å². The van der Waals surface area contributed by atoms with Gasteiger partial charge in [-0.05, 0) is 18.1 Å². The minimum atomic E-state index is -4.49. The highest BCUT2D eigenvalue weighted by Crippen LogP contribution is 2.29. The predicted molar refractivity (Wildman–Crippen MR) is 80.4 cm³/mol. The molecule has 0 aliphatic carbocycles. The normalized spacial score (nSPS) is 20.4. The molecule has 1 aromatic carbocycles. The van der Waals surface area contributed by atoms with Crippen molar-refractivity contribution in [3.63, 3.8) is 0 Å². The molecule has 1 aliphatic heterocycles. The SMILES string of the molecule is C[C@@H]1CN(C(=O)COc2ccccc2OCC(F)(F)F)C[C@H]1C(=O)O. The number of benzene rings is 1. The Kier molecular flexibility index (Phi) is 5.76. The molecule has 1 heterocycles. The summed E-state index contributed by atoms with van der Waals surface area (Å²) in [5.41, 5.74) is 0. The molecule has 1 saturated heterocycles. The van der Waals surface area contributed by atoms with Gasteiger partial charge < -0.3 is 19.5 Å². The topological polar surface area (TPSA) is 76.1 Å². The lowest BCUT2D eigenvalue weighted by molar-refractivity contribution is -0.153. The van der Waals surface area contributed by atoms with Gasteiger partial charge in [-0.1, -0.05) is 19.1 Å². The molecule has 0 unspecified atom stereocenters. The number of nitrogens with zero attached hydrogens (tertiary/aromatic N) is 1. The Labute approximate surface area is 142 Å². The number of ether oxygens (including phenoxy) is 2. The van der Waals surface area contributed by atoms with E-state index in [1.807, 2.05) is 0 Å². The van der Waals surface area contributed by atoms with Gasteiger partial charge in [0.05, 0.1) is 5.92 Å². The average Bonchev–Trinajstić information content (AvgIpc) is 2.93. The highest BCUT2D eigenvalue weighted by atomic mass is 19.4. The molecule has 1 N–H and O–H groups in total. The van der Waals surface area contributed by atoms with Crippen LogP contribution in [0, 0.1) is 11.8 Å². The maximum Gasteiger partial charge on any atom is 0.422 e. The molecule has 1 aliphatic rings. The monoisotopic (exact) mass is 361 g/mol. The van der Waals surface area contributed by atoms with Crippen LogP contribution in [-0.2, 0) is 9.59 Å². The van der Waals surface area contributed by atoms with Crippen LogP contribution in [0.1, 0.15) is 6.92 Å². The molecule has 0 aromatic heterocycles. The lowest BCUT2D eigenvalue weighted by Gasteiger charge is -2.17. The number of likely N-dealkylation sites (tertiary alicyclic amines) is 1. The molecule has 0 radical (unpaired) electrons. The predicted octanol–water partition coefficient (Wildman–Crippen LogP) is 2.19. The first-order valence-corrected chi connectivity index (χ1v) is 7.59. The van der Waals surface area contributed by atoms with Crippen molar-refractivity contribution in [1.82, 2.24) is 4.90 Å². The Morgan fingerprint density at radius 1 is 1.20 bits per heavy atom. The number of carbonyl (C=O) groups excluding carboxylic acids is 1. The number of rotatable bonds is 6. The van der Waals surface area contributed by atoms with E-state index >= 15 is 0 Å². The minimum Gasteiger partial charge on any atom is -0.481 e. The van der Waals surface area contributed by atoms with Gasteiger partial charge in [-0.2, -0.15) is 13.2 Å². The van der Waals surface area contributed by atoms with Crippen LogP contribution in [0.2, 0.25) is 0 Å². The van der Waals surface area contributed by atoms with Crippen LogP contribution in [0.4, 0.5) is 13.2 Å². The first-order valence-electron chi connectivity index (χ1n) is 7.59. The van der Waals surface area contributed by atoms with Crippen molar-refractivity contribution >= 4 is 11.9 Å². The van der Waals surface area contributed by atoms with E-state index < -0.39 is 37.2 Å². The Balaban J connectivity index is 1.93. The number of carbonyl (C=O) groups is 2. The number of para-hydroxylation sites is 2. The van der Waals surface area contributed by atoms with Gasteiger partial charge in [0.25, 0.3) is 5.91 Å². The lowest BCUT2D eigenvalue weighted by Crippen LogP contribution is -2.34. The first-order chi connectivity index (χ1) is 11.7. The number of hydrogen-bond donors (Lipinski definition) is 1. The van der Waals surface area contributed by atoms with Crippen molar-refractivity contribution in [3.8, 4) is 11.5 Å². The zero-order valence-corrected chi connectivity index (χ0v) is 13.5. The summed E-state index contributed by atoms with van der Waals surface area (Å²) in [6.45, 7) is 0.250. The van der Waals surface area contributed by atoms with E-state index in [0.717, 1.165) is 0 Å². The summed E-state index contributed by atoms with van der Waals surface area (Å²) in [6, 6.07) is 5.73. The van der Waals surface area contributed by atoms with Crippen molar-refractivity contribution in [2.24, 2.45) is 11.8 Å². The Hall–Kier alpha value is -2.45. The van der Waals surface area contributed by atoms with Crippen LogP contribution in [0.3, 0.4) is 0 Å². The number of carboxylic acids is 1. The van der Waals surface area contributed by atoms with Gasteiger partial charge in [0.1, 0.15) is 0 Å². The highest BCUT2D eigenvalue weighted by molar-refractivity contribution is 5.80. The zero-order valence-electron chi connectivity index (χ0n) is 13.5. The quantitative estimate of drug-likeness (QED) is 0.841. The van der Waals surface area contributed by atoms with Crippen LogP contribution in [0.25, 0.3) is 0 Å². The number of alkyl halides is 3. The van der Waals surface area contributed by atoms with E-state index in [1.54, 1.807) is 13.0 Å².